The fourth-order valence-corrected chi connectivity index (χ4v) is 18.4. The highest BCUT2D eigenvalue weighted by molar-refractivity contribution is 5.81. The standard InChI is InChI=1S/C23H21FN4O2.C22H22FN3O2.C22H26N4O3.C21H22FN3O2.C20H20FN3O2/c1-3-27-8-6-15(7-9-27)16-4-5-21-26-19(12-22(29)28(21)13-16)17-10-18(24)23-20(11-17)30-14(2)25-23;1-14-10-17(15-6-8-25(2)9-7-15)13-26-21(27)12-19(24-22(14)26)16-4-5-20(28-3)18(23)11-16;1-14-9-17(25-8-7-23-15(2)12-25)13-26-21(27)11-18(24-22(14)26)16-5-6-19(28-3)20(10-16)29-4;1-24-9-7-14(8-10-24)18-12-21(26)25-13-16(4-6-20(25)23-18)15-3-5-19(27-2)17(22)11-15;1-26-18-4-2-14(10-16(18)21)15-3-5-19-23-17(11-20(25)24(19)12-15)13-6-8-22-9-7-13/h4-6,10-13H,3,7-9H2,1-2H3;4-6,10-13H,7-9H2,1-3H3;5-6,9-11,13,15,23H,7-8,12H2,1-4H3;3-6,11-14H,7-10H2,1-2H3;2-5,10-13,22H,6-9H2,1H3/t;;15-;;/m..1../s1. The molecule has 3 saturated heterocycles. The number of fused-ring (bicyclic) bond motifs is 6. The summed E-state index contributed by atoms with van der Waals surface area (Å²) in [6, 6.07) is 46.1. The Kier molecular flexibility index (Phi) is 29.5. The number of oxazole rings is 1. The quantitative estimate of drug-likeness (QED) is 0.0850. The molecule has 722 valence electrons. The van der Waals surface area contributed by atoms with Crippen LogP contribution in [0.1, 0.15) is 104 Å². The van der Waals surface area contributed by atoms with Crippen molar-refractivity contribution in [3.8, 4) is 84.8 Å². The molecular weight excluding hydrogens is 1790 g/mol. The normalized spacial score (nSPS) is 15.6. The fourth-order valence-electron chi connectivity index (χ4n) is 18.4. The zero-order valence-electron chi connectivity index (χ0n) is 80.3. The Morgan fingerprint density at radius 1 is 0.400 bits per heavy atom. The van der Waals surface area contributed by atoms with Crippen molar-refractivity contribution in [3.63, 3.8) is 0 Å². The van der Waals surface area contributed by atoms with Gasteiger partial charge in [0.2, 0.25) is 0 Å². The van der Waals surface area contributed by atoms with Gasteiger partial charge in [-0.05, 0) is 283 Å². The number of methoxy groups -OCH3 is 5. The number of likely N-dealkylation sites (tertiary alicyclic amines) is 1. The zero-order valence-corrected chi connectivity index (χ0v) is 80.3. The van der Waals surface area contributed by atoms with Gasteiger partial charge in [0, 0.05) is 149 Å². The molecule has 0 saturated carbocycles. The van der Waals surface area contributed by atoms with Crippen LogP contribution < -0.4 is 67.0 Å². The number of aromatic nitrogens is 11. The maximum absolute atomic E-state index is 14.4. The summed E-state index contributed by atoms with van der Waals surface area (Å²) in [4.78, 5) is 100. The molecule has 28 nitrogen and oxygen atoms in total. The molecule has 5 aliphatic heterocycles. The maximum atomic E-state index is 14.4. The Hall–Kier alpha value is -14.8. The third-order valence-corrected chi connectivity index (χ3v) is 26.4. The lowest BCUT2D eigenvalue weighted by Gasteiger charge is -2.33. The molecule has 2 N–H and O–H groups in total. The van der Waals surface area contributed by atoms with Gasteiger partial charge < -0.3 is 53.4 Å². The van der Waals surface area contributed by atoms with Gasteiger partial charge in [-0.1, -0.05) is 31.2 Å². The van der Waals surface area contributed by atoms with Crippen LogP contribution >= 0.6 is 0 Å². The summed E-state index contributed by atoms with van der Waals surface area (Å²) in [5.74, 6) is 0.986. The molecule has 0 aliphatic carbocycles. The van der Waals surface area contributed by atoms with Crippen molar-refractivity contribution < 1.29 is 45.7 Å². The van der Waals surface area contributed by atoms with Crippen molar-refractivity contribution in [1.29, 1.82) is 0 Å². The lowest BCUT2D eigenvalue weighted by atomic mass is 9.93. The van der Waals surface area contributed by atoms with Crippen molar-refractivity contribution in [2.24, 2.45) is 0 Å². The van der Waals surface area contributed by atoms with Crippen LogP contribution in [0, 0.1) is 44.0 Å². The number of hydrogen-bond donors (Lipinski definition) is 2. The molecule has 16 heterocycles. The summed E-state index contributed by atoms with van der Waals surface area (Å²) >= 11 is 0. The highest BCUT2D eigenvalue weighted by atomic mass is 19.1. The molecule has 11 aromatic heterocycles. The highest BCUT2D eigenvalue weighted by Crippen LogP contribution is 2.37. The summed E-state index contributed by atoms with van der Waals surface area (Å²) in [6.07, 6.45) is 19.4. The Labute approximate surface area is 805 Å². The minimum atomic E-state index is -0.498. The molecule has 16 aromatic rings. The summed E-state index contributed by atoms with van der Waals surface area (Å²) in [5, 5.41) is 6.77. The number of anilines is 1. The second-order valence-corrected chi connectivity index (χ2v) is 35.8. The van der Waals surface area contributed by atoms with Gasteiger partial charge in [0.1, 0.15) is 33.8 Å². The van der Waals surface area contributed by atoms with Crippen LogP contribution in [0.5, 0.6) is 28.7 Å². The second-order valence-electron chi connectivity index (χ2n) is 35.8. The molecule has 3 fully saturated rings. The number of pyridine rings is 5. The minimum absolute atomic E-state index is 0.104. The molecule has 21 rings (SSSR count). The minimum Gasteiger partial charge on any atom is -0.494 e. The summed E-state index contributed by atoms with van der Waals surface area (Å²) in [5.41, 5.74) is 18.2. The molecule has 5 aliphatic rings. The first-order valence-electron chi connectivity index (χ1n) is 46.8. The number of aryl methyl sites for hydroxylation is 3. The summed E-state index contributed by atoms with van der Waals surface area (Å²) in [6.45, 7) is 21.5. The van der Waals surface area contributed by atoms with E-state index in [2.05, 4.69) is 102 Å². The van der Waals surface area contributed by atoms with E-state index in [1.807, 2.05) is 87.0 Å². The molecule has 5 aromatic carbocycles. The van der Waals surface area contributed by atoms with Gasteiger partial charge in [-0.25, -0.2) is 47.5 Å². The number of likely N-dealkylation sites (N-methyl/N-ethyl adjacent to an activating group) is 2. The smallest absolute Gasteiger partial charge is 0.258 e. The van der Waals surface area contributed by atoms with E-state index in [1.165, 1.54) is 83.7 Å². The first-order chi connectivity index (χ1) is 67.7. The van der Waals surface area contributed by atoms with E-state index in [0.29, 0.717) is 108 Å². The largest absolute Gasteiger partial charge is 0.494 e. The van der Waals surface area contributed by atoms with Crippen LogP contribution in [-0.2, 0) is 0 Å². The average molecular weight is 1900 g/mol. The number of benzene rings is 5. The first kappa shape index (κ1) is 96.8. The van der Waals surface area contributed by atoms with Crippen molar-refractivity contribution in [2.75, 3.05) is 133 Å². The van der Waals surface area contributed by atoms with Crippen molar-refractivity contribution in [1.82, 2.24) is 77.2 Å². The number of piperidine rings is 2. The third kappa shape index (κ3) is 21.5. The predicted octanol–water partition coefficient (Wildman–Crippen LogP) is 16.4. The van der Waals surface area contributed by atoms with Gasteiger partial charge in [-0.3, -0.25) is 50.9 Å². The Morgan fingerprint density at radius 3 is 1.39 bits per heavy atom. The van der Waals surface area contributed by atoms with E-state index in [9.17, 15) is 41.5 Å². The molecule has 140 heavy (non-hydrogen) atoms. The van der Waals surface area contributed by atoms with Crippen LogP contribution in [-0.4, -0.2) is 201 Å². The van der Waals surface area contributed by atoms with Crippen LogP contribution in [0.2, 0.25) is 0 Å². The second kappa shape index (κ2) is 42.6. The zero-order chi connectivity index (χ0) is 98.3. The van der Waals surface area contributed by atoms with Gasteiger partial charge in [0.15, 0.2) is 63.5 Å². The van der Waals surface area contributed by atoms with E-state index >= 15 is 0 Å². The first-order valence-corrected chi connectivity index (χ1v) is 46.8. The van der Waals surface area contributed by atoms with E-state index in [0.717, 1.165) is 173 Å². The van der Waals surface area contributed by atoms with Crippen LogP contribution in [0.3, 0.4) is 0 Å². The molecule has 1 atom stereocenters. The SMILES string of the molecule is CCN1CC=C(c2ccc3nc(-c4cc(F)c5nc(C)oc5c4)cc(=O)n3c2)CC1.COc1ccc(-c2cc(=O)n3cc(C4=CCN(C)CC4)cc(C)c3n2)cc1F.COc1ccc(-c2cc(=O)n3cc(N4CCN[C@H](C)C4)cc(C)c3n2)cc1OC.COc1ccc(-c2ccc3nc(C4CCN(C)CC4)cc(=O)n3c2)cc1F.COc1ccc(-c2ccc3nc(C4CCNCC4)cc(=O)n3c2)cc1F. The van der Waals surface area contributed by atoms with E-state index in [-0.39, 0.29) is 50.6 Å². The number of nitrogens with zero attached hydrogens (tertiary/aromatic N) is 15. The molecule has 0 bridgehead atoms. The number of ether oxygens (including phenoxy) is 5. The van der Waals surface area contributed by atoms with E-state index < -0.39 is 23.3 Å². The van der Waals surface area contributed by atoms with Gasteiger partial charge in [-0.15, -0.1) is 0 Å². The maximum Gasteiger partial charge on any atom is 0.258 e. The van der Waals surface area contributed by atoms with Gasteiger partial charge in [0.05, 0.1) is 69.7 Å². The summed E-state index contributed by atoms with van der Waals surface area (Å²) in [7, 11) is 11.7. The van der Waals surface area contributed by atoms with Crippen molar-refractivity contribution in [3.05, 3.63) is 321 Å². The Morgan fingerprint density at radius 2 is 0.857 bits per heavy atom. The molecule has 32 heteroatoms. The van der Waals surface area contributed by atoms with Crippen LogP contribution in [0.4, 0.5) is 23.2 Å². The van der Waals surface area contributed by atoms with Crippen molar-refractivity contribution in [2.45, 2.75) is 91.0 Å². The molecule has 0 radical (unpaired) electrons. The topological polar surface area (TPSA) is 281 Å². The summed E-state index contributed by atoms with van der Waals surface area (Å²) < 4.78 is 95.3. The van der Waals surface area contributed by atoms with E-state index in [4.69, 9.17) is 38.1 Å². The van der Waals surface area contributed by atoms with E-state index in [1.54, 1.807) is 101 Å². The Bertz CT molecular complexity index is 7770. The van der Waals surface area contributed by atoms with Crippen LogP contribution in [0.15, 0.2) is 235 Å². The average Bonchev–Trinajstić information content (AvgIpc) is 1.16. The number of rotatable bonds is 16. The highest BCUT2D eigenvalue weighted by Gasteiger charge is 2.26. The molecular formula is C108H111F4N17O11. The number of hydrogen-bond acceptors (Lipinski definition) is 23. The van der Waals surface area contributed by atoms with Crippen molar-refractivity contribution >= 4 is 56.2 Å². The van der Waals surface area contributed by atoms with Gasteiger partial charge in [0.25, 0.3) is 27.8 Å². The number of halogens is 4. The number of nitrogens with one attached hydrogen (secondary N) is 2. The molecule has 0 amide bonds. The predicted molar refractivity (Wildman–Crippen MR) is 538 cm³/mol. The fraction of sp³-hybridized carbons (Fsp3) is 0.306. The lowest BCUT2D eigenvalue weighted by Crippen LogP contribution is -2.49. The molecule has 0 spiro atoms. The third-order valence-electron chi connectivity index (χ3n) is 26.4. The van der Waals surface area contributed by atoms with Crippen LogP contribution in [0.25, 0.3) is 107 Å². The monoisotopic (exact) mass is 1900 g/mol. The van der Waals surface area contributed by atoms with Gasteiger partial charge >= 0.3 is 0 Å². The molecule has 0 unspecified atom stereocenters. The number of piperazine rings is 1. The Balaban J connectivity index is 0.000000121. The van der Waals surface area contributed by atoms with Gasteiger partial charge in [-0.2, -0.15) is 0 Å². The lowest BCUT2D eigenvalue weighted by molar-refractivity contribution is 0.253.